The molecule has 0 aliphatic carbocycles. The Morgan fingerprint density at radius 2 is 2.24 bits per heavy atom. The second-order valence-corrected chi connectivity index (χ2v) is 3.93. The molecule has 1 aromatic carbocycles. The van der Waals surface area contributed by atoms with E-state index >= 15 is 0 Å². The van der Waals surface area contributed by atoms with Crippen LogP contribution in [0.3, 0.4) is 0 Å². The number of amides is 1. The van der Waals surface area contributed by atoms with Crippen LogP contribution in [0.5, 0.6) is 5.75 Å². The van der Waals surface area contributed by atoms with Crippen LogP contribution in [0.25, 0.3) is 0 Å². The van der Waals surface area contributed by atoms with Crippen LogP contribution in [0.15, 0.2) is 43.5 Å². The molecule has 0 saturated carbocycles. The highest BCUT2D eigenvalue weighted by atomic mass is 16.6. The smallest absolute Gasteiger partial charge is 0.407 e. The number of hydrogen-bond donors (Lipinski definition) is 1. The third kappa shape index (κ3) is 4.34. The standard InChI is InChI=1S/C14H16N2O5/c1-4-8-21-13-7-6-10(16(18)19)9-11(13)12(5-2)15-14(17)20-3/h4-7,9,12H,1-2,8H2,3H3,(H,15,17). The lowest BCUT2D eigenvalue weighted by molar-refractivity contribution is -0.385. The minimum atomic E-state index is -0.683. The van der Waals surface area contributed by atoms with Crippen molar-refractivity contribution in [2.75, 3.05) is 13.7 Å². The predicted molar refractivity (Wildman–Crippen MR) is 77.3 cm³/mol. The van der Waals surface area contributed by atoms with Gasteiger partial charge >= 0.3 is 6.09 Å². The Hall–Kier alpha value is -2.83. The van der Waals surface area contributed by atoms with Crippen molar-refractivity contribution in [3.8, 4) is 5.75 Å². The van der Waals surface area contributed by atoms with Gasteiger partial charge in [0.1, 0.15) is 12.4 Å². The van der Waals surface area contributed by atoms with Crippen molar-refractivity contribution in [1.82, 2.24) is 5.32 Å². The number of nitrogens with one attached hydrogen (secondary N) is 1. The summed E-state index contributed by atoms with van der Waals surface area (Å²) in [6.45, 7) is 7.37. The lowest BCUT2D eigenvalue weighted by Crippen LogP contribution is -2.27. The summed E-state index contributed by atoms with van der Waals surface area (Å²) in [5.41, 5.74) is 0.293. The van der Waals surface area contributed by atoms with E-state index in [1.54, 1.807) is 6.08 Å². The number of non-ortho nitro benzene ring substituents is 1. The molecular weight excluding hydrogens is 276 g/mol. The summed E-state index contributed by atoms with van der Waals surface area (Å²) >= 11 is 0. The van der Waals surface area contributed by atoms with Gasteiger partial charge in [-0.2, -0.15) is 0 Å². The van der Waals surface area contributed by atoms with Crippen LogP contribution in [0.4, 0.5) is 10.5 Å². The van der Waals surface area contributed by atoms with Crippen LogP contribution in [0, 0.1) is 10.1 Å². The maximum atomic E-state index is 11.3. The van der Waals surface area contributed by atoms with Crippen LogP contribution in [-0.4, -0.2) is 24.7 Å². The number of nitro benzene ring substituents is 1. The third-order valence-corrected chi connectivity index (χ3v) is 2.59. The molecule has 0 aromatic heterocycles. The quantitative estimate of drug-likeness (QED) is 0.474. The Labute approximate surface area is 122 Å². The molecule has 1 N–H and O–H groups in total. The summed E-state index contributed by atoms with van der Waals surface area (Å²) in [5, 5.41) is 13.4. The molecule has 1 amide bonds. The summed E-state index contributed by atoms with van der Waals surface area (Å²) in [6, 6.07) is 3.42. The number of nitro groups is 1. The fraction of sp³-hybridized carbons (Fsp3) is 0.214. The average Bonchev–Trinajstić information content (AvgIpc) is 2.50. The molecule has 7 heteroatoms. The van der Waals surface area contributed by atoms with Crippen LogP contribution in [-0.2, 0) is 4.74 Å². The number of benzene rings is 1. The van der Waals surface area contributed by atoms with Gasteiger partial charge in [0.05, 0.1) is 18.1 Å². The molecule has 0 aliphatic heterocycles. The zero-order chi connectivity index (χ0) is 15.8. The molecule has 0 radical (unpaired) electrons. The van der Waals surface area contributed by atoms with E-state index in [0.29, 0.717) is 11.3 Å². The molecule has 7 nitrogen and oxygen atoms in total. The van der Waals surface area contributed by atoms with Crippen molar-refractivity contribution in [1.29, 1.82) is 0 Å². The van der Waals surface area contributed by atoms with Gasteiger partial charge in [-0.3, -0.25) is 10.1 Å². The van der Waals surface area contributed by atoms with Crippen molar-refractivity contribution in [2.24, 2.45) is 0 Å². The molecule has 0 saturated heterocycles. The van der Waals surface area contributed by atoms with E-state index in [1.807, 2.05) is 0 Å². The van der Waals surface area contributed by atoms with Crippen molar-refractivity contribution in [3.05, 3.63) is 59.2 Å². The molecule has 0 fully saturated rings. The largest absolute Gasteiger partial charge is 0.489 e. The number of alkyl carbamates (subject to hydrolysis) is 1. The molecule has 21 heavy (non-hydrogen) atoms. The van der Waals surface area contributed by atoms with Crippen molar-refractivity contribution >= 4 is 11.8 Å². The molecule has 1 aromatic rings. The van der Waals surface area contributed by atoms with E-state index < -0.39 is 17.1 Å². The van der Waals surface area contributed by atoms with E-state index in [-0.39, 0.29) is 12.3 Å². The van der Waals surface area contributed by atoms with E-state index in [9.17, 15) is 14.9 Å². The molecular formula is C14H16N2O5. The van der Waals surface area contributed by atoms with Gasteiger partial charge in [-0.25, -0.2) is 4.79 Å². The van der Waals surface area contributed by atoms with Gasteiger partial charge in [0.25, 0.3) is 5.69 Å². The Bertz CT molecular complexity index is 556. The summed E-state index contributed by atoms with van der Waals surface area (Å²) in [4.78, 5) is 21.7. The second-order valence-electron chi connectivity index (χ2n) is 3.93. The lowest BCUT2D eigenvalue weighted by Gasteiger charge is -2.17. The number of methoxy groups -OCH3 is 1. The van der Waals surface area contributed by atoms with Gasteiger partial charge in [0.15, 0.2) is 0 Å². The van der Waals surface area contributed by atoms with Crippen molar-refractivity contribution < 1.29 is 19.2 Å². The van der Waals surface area contributed by atoms with Gasteiger partial charge in [-0.15, -0.1) is 6.58 Å². The Kier molecular flexibility index (Phi) is 5.94. The molecule has 0 heterocycles. The fourth-order valence-electron chi connectivity index (χ4n) is 1.62. The predicted octanol–water partition coefficient (Wildman–Crippen LogP) is 2.74. The molecule has 1 atom stereocenters. The van der Waals surface area contributed by atoms with Crippen molar-refractivity contribution in [3.63, 3.8) is 0 Å². The zero-order valence-electron chi connectivity index (χ0n) is 11.6. The third-order valence-electron chi connectivity index (χ3n) is 2.59. The van der Waals surface area contributed by atoms with Crippen LogP contribution in [0.1, 0.15) is 11.6 Å². The zero-order valence-corrected chi connectivity index (χ0v) is 11.6. The first-order valence-corrected chi connectivity index (χ1v) is 6.02. The minimum Gasteiger partial charge on any atom is -0.489 e. The average molecular weight is 292 g/mol. The number of nitrogens with zero attached hydrogens (tertiary/aromatic N) is 1. The topological polar surface area (TPSA) is 90.7 Å². The first-order valence-electron chi connectivity index (χ1n) is 6.02. The Morgan fingerprint density at radius 3 is 2.76 bits per heavy atom. The second kappa shape index (κ2) is 7.68. The lowest BCUT2D eigenvalue weighted by atomic mass is 10.0. The first kappa shape index (κ1) is 16.2. The molecule has 0 spiro atoms. The van der Waals surface area contributed by atoms with Crippen LogP contribution < -0.4 is 10.1 Å². The van der Waals surface area contributed by atoms with E-state index in [0.717, 1.165) is 0 Å². The van der Waals surface area contributed by atoms with Gasteiger partial charge in [0.2, 0.25) is 0 Å². The summed E-state index contributed by atoms with van der Waals surface area (Å²) in [6.07, 6.45) is 2.29. The van der Waals surface area contributed by atoms with Crippen LogP contribution in [0.2, 0.25) is 0 Å². The van der Waals surface area contributed by atoms with E-state index in [2.05, 4.69) is 23.2 Å². The van der Waals surface area contributed by atoms with Gasteiger partial charge < -0.3 is 14.8 Å². The van der Waals surface area contributed by atoms with Gasteiger partial charge in [0, 0.05) is 17.7 Å². The number of ether oxygens (including phenoxy) is 2. The maximum Gasteiger partial charge on any atom is 0.407 e. The Morgan fingerprint density at radius 1 is 1.52 bits per heavy atom. The first-order chi connectivity index (χ1) is 10.0. The highest BCUT2D eigenvalue weighted by molar-refractivity contribution is 5.68. The Balaban J connectivity index is 3.21. The summed E-state index contributed by atoms with van der Waals surface area (Å²) < 4.78 is 9.95. The number of rotatable bonds is 7. The monoisotopic (exact) mass is 292 g/mol. The van der Waals surface area contributed by atoms with E-state index in [1.165, 1.54) is 31.4 Å². The molecule has 112 valence electrons. The number of hydrogen-bond acceptors (Lipinski definition) is 5. The SMILES string of the molecule is C=CCOc1ccc([N+](=O)[O-])cc1C(C=C)NC(=O)OC. The number of carbonyl (C=O) groups is 1. The maximum absolute atomic E-state index is 11.3. The van der Waals surface area contributed by atoms with Gasteiger partial charge in [-0.05, 0) is 6.07 Å². The summed E-state index contributed by atoms with van der Waals surface area (Å²) in [5.74, 6) is 0.391. The minimum absolute atomic E-state index is 0.116. The summed E-state index contributed by atoms with van der Waals surface area (Å²) in [7, 11) is 1.22. The number of carbonyl (C=O) groups excluding carboxylic acids is 1. The highest BCUT2D eigenvalue weighted by Crippen LogP contribution is 2.30. The van der Waals surface area contributed by atoms with E-state index in [4.69, 9.17) is 4.74 Å². The fourth-order valence-corrected chi connectivity index (χ4v) is 1.62. The van der Waals surface area contributed by atoms with Crippen molar-refractivity contribution in [2.45, 2.75) is 6.04 Å². The normalized spacial score (nSPS) is 11.1. The van der Waals surface area contributed by atoms with Gasteiger partial charge in [-0.1, -0.05) is 18.7 Å². The highest BCUT2D eigenvalue weighted by Gasteiger charge is 2.19. The molecule has 0 bridgehead atoms. The molecule has 0 aliphatic rings. The van der Waals surface area contributed by atoms with Crippen LogP contribution >= 0.6 is 0 Å². The molecule has 1 unspecified atom stereocenters. The molecule has 1 rings (SSSR count).